The SMILES string of the molecule is CCCN(Cc1cnn(C)c1)C(=O)Nc1ccn(CCOC)n1. The summed E-state index contributed by atoms with van der Waals surface area (Å²) in [7, 11) is 3.51. The number of rotatable bonds is 8. The minimum atomic E-state index is -0.160. The summed E-state index contributed by atoms with van der Waals surface area (Å²) in [6.07, 6.45) is 6.39. The molecule has 1 N–H and O–H groups in total. The van der Waals surface area contributed by atoms with E-state index in [2.05, 4.69) is 15.5 Å². The number of amides is 2. The summed E-state index contributed by atoms with van der Waals surface area (Å²) in [5, 5.41) is 11.3. The maximum absolute atomic E-state index is 12.5. The number of anilines is 1. The molecule has 0 aromatic carbocycles. The van der Waals surface area contributed by atoms with Crippen molar-refractivity contribution in [2.45, 2.75) is 26.4 Å². The van der Waals surface area contributed by atoms with Gasteiger partial charge in [0.15, 0.2) is 5.82 Å². The van der Waals surface area contributed by atoms with Crippen molar-refractivity contribution in [2.75, 3.05) is 25.6 Å². The molecule has 2 heterocycles. The molecule has 0 spiro atoms. The van der Waals surface area contributed by atoms with Gasteiger partial charge in [-0.2, -0.15) is 10.2 Å². The first kappa shape index (κ1) is 17.0. The highest BCUT2D eigenvalue weighted by Gasteiger charge is 2.15. The summed E-state index contributed by atoms with van der Waals surface area (Å²) in [6.45, 7) is 4.48. The van der Waals surface area contributed by atoms with Gasteiger partial charge in [0, 0.05) is 44.7 Å². The molecule has 0 saturated carbocycles. The zero-order chi connectivity index (χ0) is 16.7. The Balaban J connectivity index is 1.95. The summed E-state index contributed by atoms with van der Waals surface area (Å²) in [6, 6.07) is 1.62. The van der Waals surface area contributed by atoms with E-state index in [0.717, 1.165) is 12.0 Å². The molecular formula is C15H24N6O2. The van der Waals surface area contributed by atoms with E-state index in [9.17, 15) is 4.79 Å². The molecule has 2 aromatic heterocycles. The third-order valence-electron chi connectivity index (χ3n) is 3.31. The lowest BCUT2D eigenvalue weighted by molar-refractivity contribution is 0.183. The Morgan fingerprint density at radius 3 is 2.96 bits per heavy atom. The van der Waals surface area contributed by atoms with Crippen LogP contribution in [-0.2, 0) is 24.9 Å². The summed E-state index contributed by atoms with van der Waals surface area (Å²) in [5.41, 5.74) is 1.00. The number of aromatic nitrogens is 4. The van der Waals surface area contributed by atoms with Crippen LogP contribution in [0.5, 0.6) is 0 Å². The fourth-order valence-corrected chi connectivity index (χ4v) is 2.22. The third kappa shape index (κ3) is 5.10. The highest BCUT2D eigenvalue weighted by molar-refractivity contribution is 5.88. The molecule has 23 heavy (non-hydrogen) atoms. The van der Waals surface area contributed by atoms with Gasteiger partial charge in [0.2, 0.25) is 0 Å². The first-order valence-corrected chi connectivity index (χ1v) is 7.68. The number of hydrogen-bond acceptors (Lipinski definition) is 4. The molecule has 0 aliphatic carbocycles. The van der Waals surface area contributed by atoms with Crippen LogP contribution >= 0.6 is 0 Å². The highest BCUT2D eigenvalue weighted by Crippen LogP contribution is 2.09. The molecule has 0 atom stereocenters. The molecule has 0 unspecified atom stereocenters. The van der Waals surface area contributed by atoms with Gasteiger partial charge in [-0.3, -0.25) is 14.7 Å². The third-order valence-corrected chi connectivity index (χ3v) is 3.31. The monoisotopic (exact) mass is 320 g/mol. The maximum atomic E-state index is 12.5. The largest absolute Gasteiger partial charge is 0.383 e. The van der Waals surface area contributed by atoms with Crippen LogP contribution in [0.25, 0.3) is 0 Å². The Kier molecular flexibility index (Phi) is 6.16. The number of ether oxygens (including phenoxy) is 1. The van der Waals surface area contributed by atoms with Crippen molar-refractivity contribution in [1.82, 2.24) is 24.5 Å². The molecule has 126 valence electrons. The molecule has 0 aliphatic heterocycles. The van der Waals surface area contributed by atoms with E-state index in [-0.39, 0.29) is 6.03 Å². The molecule has 8 heteroatoms. The van der Waals surface area contributed by atoms with E-state index < -0.39 is 0 Å². The van der Waals surface area contributed by atoms with Crippen LogP contribution in [0.3, 0.4) is 0 Å². The molecule has 0 fully saturated rings. The molecule has 0 bridgehead atoms. The van der Waals surface area contributed by atoms with E-state index in [0.29, 0.717) is 32.1 Å². The van der Waals surface area contributed by atoms with Crippen LogP contribution in [0, 0.1) is 0 Å². The topological polar surface area (TPSA) is 77.2 Å². The molecule has 2 amide bonds. The van der Waals surface area contributed by atoms with E-state index in [1.165, 1.54) is 0 Å². The normalized spacial score (nSPS) is 10.7. The Hall–Kier alpha value is -2.35. The first-order chi connectivity index (χ1) is 11.1. The highest BCUT2D eigenvalue weighted by atomic mass is 16.5. The van der Waals surface area contributed by atoms with Crippen molar-refractivity contribution < 1.29 is 9.53 Å². The number of methoxy groups -OCH3 is 1. The van der Waals surface area contributed by atoms with Crippen LogP contribution in [0.15, 0.2) is 24.7 Å². The molecule has 0 saturated heterocycles. The van der Waals surface area contributed by atoms with Crippen LogP contribution in [-0.4, -0.2) is 50.8 Å². The van der Waals surface area contributed by atoms with Crippen molar-refractivity contribution in [3.8, 4) is 0 Å². The Morgan fingerprint density at radius 2 is 2.30 bits per heavy atom. The van der Waals surface area contributed by atoms with Crippen LogP contribution < -0.4 is 5.32 Å². The minimum absolute atomic E-state index is 0.160. The predicted molar refractivity (Wildman–Crippen MR) is 87.0 cm³/mol. The Labute approximate surface area is 136 Å². The maximum Gasteiger partial charge on any atom is 0.323 e. The lowest BCUT2D eigenvalue weighted by Gasteiger charge is -2.21. The van der Waals surface area contributed by atoms with Crippen molar-refractivity contribution in [2.24, 2.45) is 7.05 Å². The number of urea groups is 1. The van der Waals surface area contributed by atoms with Crippen LogP contribution in [0.4, 0.5) is 10.6 Å². The molecule has 0 radical (unpaired) electrons. The van der Waals surface area contributed by atoms with E-state index >= 15 is 0 Å². The Bertz CT molecular complexity index is 621. The number of aryl methyl sites for hydroxylation is 1. The lowest BCUT2D eigenvalue weighted by atomic mass is 10.3. The number of nitrogens with zero attached hydrogens (tertiary/aromatic N) is 5. The molecule has 8 nitrogen and oxygen atoms in total. The predicted octanol–water partition coefficient (Wildman–Crippen LogP) is 1.71. The van der Waals surface area contributed by atoms with Crippen molar-refractivity contribution in [3.63, 3.8) is 0 Å². The van der Waals surface area contributed by atoms with Crippen LogP contribution in [0.1, 0.15) is 18.9 Å². The van der Waals surface area contributed by atoms with Crippen molar-refractivity contribution >= 4 is 11.8 Å². The van der Waals surface area contributed by atoms with E-state index in [1.807, 2.05) is 26.4 Å². The molecular weight excluding hydrogens is 296 g/mol. The zero-order valence-corrected chi connectivity index (χ0v) is 13.9. The zero-order valence-electron chi connectivity index (χ0n) is 13.9. The molecule has 0 aliphatic rings. The number of carbonyl (C=O) groups is 1. The van der Waals surface area contributed by atoms with Gasteiger partial charge in [0.1, 0.15) is 0 Å². The second kappa shape index (κ2) is 8.33. The average Bonchev–Trinajstić information content (AvgIpc) is 3.14. The van der Waals surface area contributed by atoms with Gasteiger partial charge in [-0.25, -0.2) is 4.79 Å². The van der Waals surface area contributed by atoms with E-state index in [1.54, 1.807) is 33.6 Å². The smallest absolute Gasteiger partial charge is 0.323 e. The van der Waals surface area contributed by atoms with Gasteiger partial charge < -0.3 is 9.64 Å². The Morgan fingerprint density at radius 1 is 1.48 bits per heavy atom. The van der Waals surface area contributed by atoms with Crippen molar-refractivity contribution in [3.05, 3.63) is 30.2 Å². The second-order valence-corrected chi connectivity index (χ2v) is 5.33. The van der Waals surface area contributed by atoms with Gasteiger partial charge in [-0.1, -0.05) is 6.92 Å². The first-order valence-electron chi connectivity index (χ1n) is 7.68. The summed E-state index contributed by atoms with van der Waals surface area (Å²) in [5.74, 6) is 0.540. The second-order valence-electron chi connectivity index (χ2n) is 5.33. The summed E-state index contributed by atoms with van der Waals surface area (Å²) >= 11 is 0. The number of hydrogen-bond donors (Lipinski definition) is 1. The number of nitrogens with one attached hydrogen (secondary N) is 1. The molecule has 2 rings (SSSR count). The van der Waals surface area contributed by atoms with E-state index in [4.69, 9.17) is 4.74 Å². The van der Waals surface area contributed by atoms with Gasteiger partial charge >= 0.3 is 6.03 Å². The van der Waals surface area contributed by atoms with Crippen molar-refractivity contribution in [1.29, 1.82) is 0 Å². The van der Waals surface area contributed by atoms with Gasteiger partial charge in [0.25, 0.3) is 0 Å². The molecule has 2 aromatic rings. The summed E-state index contributed by atoms with van der Waals surface area (Å²) < 4.78 is 8.48. The summed E-state index contributed by atoms with van der Waals surface area (Å²) in [4.78, 5) is 14.2. The fourth-order valence-electron chi connectivity index (χ4n) is 2.22. The van der Waals surface area contributed by atoms with Gasteiger partial charge in [-0.15, -0.1) is 0 Å². The lowest BCUT2D eigenvalue weighted by Crippen LogP contribution is -2.35. The minimum Gasteiger partial charge on any atom is -0.383 e. The van der Waals surface area contributed by atoms with Crippen LogP contribution in [0.2, 0.25) is 0 Å². The average molecular weight is 320 g/mol. The van der Waals surface area contributed by atoms with Gasteiger partial charge in [-0.05, 0) is 6.42 Å². The van der Waals surface area contributed by atoms with Gasteiger partial charge in [0.05, 0.1) is 25.9 Å². The quantitative estimate of drug-likeness (QED) is 0.803. The standard InChI is InChI=1S/C15H24N6O2/c1-4-6-20(12-13-10-16-19(2)11-13)15(22)17-14-5-7-21(18-14)8-9-23-3/h5,7,10-11H,4,6,8-9,12H2,1-3H3,(H,17,18,22). The number of carbonyl (C=O) groups excluding carboxylic acids is 1. The fraction of sp³-hybridized carbons (Fsp3) is 0.533.